The number of aliphatic carboxylic acids is 1. The molecule has 7 nitrogen and oxygen atoms in total. The van der Waals surface area contributed by atoms with E-state index in [-0.39, 0.29) is 24.6 Å². The molecule has 0 aromatic heterocycles. The third kappa shape index (κ3) is 5.52. The van der Waals surface area contributed by atoms with E-state index in [4.69, 9.17) is 5.11 Å². The summed E-state index contributed by atoms with van der Waals surface area (Å²) in [6, 6.07) is 4.96. The van der Waals surface area contributed by atoms with Crippen LogP contribution >= 0.6 is 0 Å². The SMILES string of the molecule is CC(=O)N(C)CC(=O)NC(Cc1ccc(O)cc1)C(=O)O. The van der Waals surface area contributed by atoms with Crippen LogP contribution in [-0.2, 0) is 20.8 Å². The molecule has 1 aromatic rings. The second kappa shape index (κ2) is 7.28. The molecule has 21 heavy (non-hydrogen) atoms. The van der Waals surface area contributed by atoms with Crippen LogP contribution in [0.1, 0.15) is 12.5 Å². The summed E-state index contributed by atoms with van der Waals surface area (Å²) in [6.07, 6.45) is 0.0884. The number of phenols is 1. The van der Waals surface area contributed by atoms with E-state index in [0.717, 1.165) is 0 Å². The smallest absolute Gasteiger partial charge is 0.326 e. The molecule has 0 bridgehead atoms. The highest BCUT2D eigenvalue weighted by molar-refractivity contribution is 5.87. The molecular formula is C14H18N2O5. The molecule has 0 heterocycles. The van der Waals surface area contributed by atoms with Crippen molar-refractivity contribution in [3.05, 3.63) is 29.8 Å². The molecule has 0 radical (unpaired) electrons. The predicted molar refractivity (Wildman–Crippen MR) is 74.7 cm³/mol. The van der Waals surface area contributed by atoms with Gasteiger partial charge in [0.1, 0.15) is 11.8 Å². The van der Waals surface area contributed by atoms with Gasteiger partial charge in [0.15, 0.2) is 0 Å². The van der Waals surface area contributed by atoms with Gasteiger partial charge in [-0.3, -0.25) is 9.59 Å². The van der Waals surface area contributed by atoms with Crippen LogP contribution in [0.3, 0.4) is 0 Å². The summed E-state index contributed by atoms with van der Waals surface area (Å²) in [7, 11) is 1.46. The normalized spacial score (nSPS) is 11.5. The van der Waals surface area contributed by atoms with E-state index >= 15 is 0 Å². The van der Waals surface area contributed by atoms with Crippen LogP contribution in [0, 0.1) is 0 Å². The maximum absolute atomic E-state index is 11.7. The molecule has 0 saturated heterocycles. The van der Waals surface area contributed by atoms with E-state index < -0.39 is 17.9 Å². The molecule has 1 aromatic carbocycles. The van der Waals surface area contributed by atoms with Crippen molar-refractivity contribution in [1.82, 2.24) is 10.2 Å². The van der Waals surface area contributed by atoms with Gasteiger partial charge in [0.05, 0.1) is 6.54 Å². The maximum atomic E-state index is 11.7. The molecule has 0 aliphatic heterocycles. The largest absolute Gasteiger partial charge is 0.508 e. The number of nitrogens with zero attached hydrogens (tertiary/aromatic N) is 1. The van der Waals surface area contributed by atoms with Crippen LogP contribution < -0.4 is 5.32 Å². The standard InChI is InChI=1S/C14H18N2O5/c1-9(17)16(2)8-13(19)15-12(14(20)21)7-10-3-5-11(18)6-4-10/h3-6,12,18H,7-8H2,1-2H3,(H,15,19)(H,20,21). The number of hydrogen-bond donors (Lipinski definition) is 3. The second-order valence-electron chi connectivity index (χ2n) is 4.70. The number of carboxylic acid groups (broad SMARTS) is 1. The van der Waals surface area contributed by atoms with Gasteiger partial charge in [0.25, 0.3) is 0 Å². The molecule has 3 N–H and O–H groups in total. The molecule has 0 fully saturated rings. The molecule has 1 unspecified atom stereocenters. The quantitative estimate of drug-likeness (QED) is 0.683. The summed E-state index contributed by atoms with van der Waals surface area (Å²) < 4.78 is 0. The van der Waals surface area contributed by atoms with Crippen LogP contribution in [0.4, 0.5) is 0 Å². The predicted octanol–water partition coefficient (Wildman–Crippen LogP) is -0.0176. The molecular weight excluding hydrogens is 276 g/mol. The Morgan fingerprint density at radius 3 is 2.29 bits per heavy atom. The Balaban J connectivity index is 2.65. The highest BCUT2D eigenvalue weighted by Gasteiger charge is 2.21. The highest BCUT2D eigenvalue weighted by Crippen LogP contribution is 2.11. The van der Waals surface area contributed by atoms with E-state index in [2.05, 4.69) is 5.32 Å². The zero-order chi connectivity index (χ0) is 16.0. The van der Waals surface area contributed by atoms with E-state index in [1.165, 1.54) is 31.0 Å². The van der Waals surface area contributed by atoms with Gasteiger partial charge in [-0.05, 0) is 17.7 Å². The topological polar surface area (TPSA) is 107 Å². The average molecular weight is 294 g/mol. The van der Waals surface area contributed by atoms with Crippen molar-refractivity contribution in [2.24, 2.45) is 0 Å². The first-order valence-corrected chi connectivity index (χ1v) is 6.31. The maximum Gasteiger partial charge on any atom is 0.326 e. The molecule has 1 rings (SSSR count). The lowest BCUT2D eigenvalue weighted by atomic mass is 10.1. The minimum Gasteiger partial charge on any atom is -0.508 e. The van der Waals surface area contributed by atoms with Crippen LogP contribution in [0.5, 0.6) is 5.75 Å². The van der Waals surface area contributed by atoms with Crippen LogP contribution in [0.15, 0.2) is 24.3 Å². The number of nitrogens with one attached hydrogen (secondary N) is 1. The van der Waals surface area contributed by atoms with Gasteiger partial charge in [-0.15, -0.1) is 0 Å². The van der Waals surface area contributed by atoms with Gasteiger partial charge in [0.2, 0.25) is 11.8 Å². The molecule has 1 atom stereocenters. The Kier molecular flexibility index (Phi) is 5.71. The number of benzene rings is 1. The first kappa shape index (κ1) is 16.5. The van der Waals surface area contributed by atoms with Crippen molar-refractivity contribution in [2.75, 3.05) is 13.6 Å². The third-order valence-corrected chi connectivity index (χ3v) is 2.93. The zero-order valence-electron chi connectivity index (χ0n) is 11.9. The van der Waals surface area contributed by atoms with Gasteiger partial charge in [-0.25, -0.2) is 4.79 Å². The molecule has 0 spiro atoms. The van der Waals surface area contributed by atoms with Crippen LogP contribution in [0.2, 0.25) is 0 Å². The van der Waals surface area contributed by atoms with Crippen molar-refractivity contribution < 1.29 is 24.6 Å². The van der Waals surface area contributed by atoms with Crippen molar-refractivity contribution in [1.29, 1.82) is 0 Å². The molecule has 0 saturated carbocycles. The Labute approximate surface area is 122 Å². The molecule has 0 aliphatic rings. The number of aromatic hydroxyl groups is 1. The Morgan fingerprint density at radius 2 is 1.81 bits per heavy atom. The summed E-state index contributed by atoms with van der Waals surface area (Å²) in [5.41, 5.74) is 0.667. The third-order valence-electron chi connectivity index (χ3n) is 2.93. The number of carbonyl (C=O) groups excluding carboxylic acids is 2. The molecule has 2 amide bonds. The fourth-order valence-corrected chi connectivity index (χ4v) is 1.63. The van der Waals surface area contributed by atoms with Crippen molar-refractivity contribution in [3.8, 4) is 5.75 Å². The Hall–Kier alpha value is -2.57. The summed E-state index contributed by atoms with van der Waals surface area (Å²) in [4.78, 5) is 35.1. The highest BCUT2D eigenvalue weighted by atomic mass is 16.4. The lowest BCUT2D eigenvalue weighted by Gasteiger charge is -2.18. The van der Waals surface area contributed by atoms with Crippen LogP contribution in [-0.4, -0.2) is 52.5 Å². The molecule has 0 aliphatic carbocycles. The summed E-state index contributed by atoms with van der Waals surface area (Å²) in [5.74, 6) is -1.91. The van der Waals surface area contributed by atoms with E-state index in [1.807, 2.05) is 0 Å². The van der Waals surface area contributed by atoms with Gasteiger partial charge in [0, 0.05) is 20.4 Å². The van der Waals surface area contributed by atoms with Gasteiger partial charge < -0.3 is 20.4 Å². The fraction of sp³-hybridized carbons (Fsp3) is 0.357. The van der Waals surface area contributed by atoms with Crippen LogP contribution in [0.25, 0.3) is 0 Å². The van der Waals surface area contributed by atoms with Crippen molar-refractivity contribution in [2.45, 2.75) is 19.4 Å². The number of carbonyl (C=O) groups is 3. The first-order valence-electron chi connectivity index (χ1n) is 6.31. The summed E-state index contributed by atoms with van der Waals surface area (Å²) in [5, 5.41) is 20.7. The average Bonchev–Trinajstić information content (AvgIpc) is 2.40. The van der Waals surface area contributed by atoms with Gasteiger partial charge >= 0.3 is 5.97 Å². The minimum absolute atomic E-state index is 0.0812. The van der Waals surface area contributed by atoms with Crippen molar-refractivity contribution >= 4 is 17.8 Å². The second-order valence-corrected chi connectivity index (χ2v) is 4.70. The monoisotopic (exact) mass is 294 g/mol. The number of likely N-dealkylation sites (N-methyl/N-ethyl adjacent to an activating group) is 1. The first-order chi connectivity index (χ1) is 9.79. The van der Waals surface area contributed by atoms with E-state index in [9.17, 15) is 19.5 Å². The number of phenolic OH excluding ortho intramolecular Hbond substituents is 1. The van der Waals surface area contributed by atoms with E-state index in [1.54, 1.807) is 12.1 Å². The number of hydrogen-bond acceptors (Lipinski definition) is 4. The Bertz CT molecular complexity index is 527. The zero-order valence-corrected chi connectivity index (χ0v) is 11.9. The summed E-state index contributed by atoms with van der Waals surface area (Å²) >= 11 is 0. The minimum atomic E-state index is -1.16. The van der Waals surface area contributed by atoms with Gasteiger partial charge in [-0.1, -0.05) is 12.1 Å². The molecule has 7 heteroatoms. The summed E-state index contributed by atoms with van der Waals surface area (Å²) in [6.45, 7) is 1.12. The number of carboxylic acids is 1. The Morgan fingerprint density at radius 1 is 1.24 bits per heavy atom. The van der Waals surface area contributed by atoms with Gasteiger partial charge in [-0.2, -0.15) is 0 Å². The van der Waals surface area contributed by atoms with E-state index in [0.29, 0.717) is 5.56 Å². The number of amides is 2. The lowest BCUT2D eigenvalue weighted by molar-refractivity contribution is -0.142. The number of rotatable bonds is 6. The van der Waals surface area contributed by atoms with Crippen molar-refractivity contribution in [3.63, 3.8) is 0 Å². The lowest BCUT2D eigenvalue weighted by Crippen LogP contribution is -2.46. The molecule has 114 valence electrons. The fourth-order valence-electron chi connectivity index (χ4n) is 1.63.